The Kier molecular flexibility index (Phi) is 5.76. The van der Waals surface area contributed by atoms with E-state index in [1.807, 2.05) is 35.2 Å². The molecule has 138 valence electrons. The van der Waals surface area contributed by atoms with Crippen LogP contribution in [-0.2, 0) is 6.42 Å². The summed E-state index contributed by atoms with van der Waals surface area (Å²) in [5, 5.41) is 3.44. The van der Waals surface area contributed by atoms with Gasteiger partial charge < -0.3 is 15.0 Å². The Bertz CT molecular complexity index is 762. The van der Waals surface area contributed by atoms with E-state index in [1.165, 1.54) is 0 Å². The number of likely N-dealkylation sites (tertiary alicyclic amines) is 1. The molecule has 1 amide bonds. The zero-order chi connectivity index (χ0) is 18.5. The molecule has 2 atom stereocenters. The molecule has 26 heavy (non-hydrogen) atoms. The van der Waals surface area contributed by atoms with E-state index in [9.17, 15) is 4.79 Å². The van der Waals surface area contributed by atoms with E-state index in [0.29, 0.717) is 6.54 Å². The van der Waals surface area contributed by atoms with Crippen molar-refractivity contribution in [3.05, 3.63) is 53.7 Å². The molecule has 0 unspecified atom stereocenters. The summed E-state index contributed by atoms with van der Waals surface area (Å²) in [7, 11) is 1.64. The van der Waals surface area contributed by atoms with E-state index in [1.54, 1.807) is 13.3 Å². The van der Waals surface area contributed by atoms with Gasteiger partial charge in [-0.2, -0.15) is 0 Å². The zero-order valence-corrected chi connectivity index (χ0v) is 15.7. The monoisotopic (exact) mass is 353 g/mol. The Labute approximate surface area is 155 Å². The van der Waals surface area contributed by atoms with E-state index in [0.717, 1.165) is 42.0 Å². The lowest BCUT2D eigenvalue weighted by Crippen LogP contribution is -2.35. The third kappa shape index (κ3) is 3.82. The lowest BCUT2D eigenvalue weighted by Gasteiger charge is -2.23. The maximum atomic E-state index is 13.1. The van der Waals surface area contributed by atoms with E-state index in [2.05, 4.69) is 30.2 Å². The van der Waals surface area contributed by atoms with Gasteiger partial charge in [0, 0.05) is 30.4 Å². The van der Waals surface area contributed by atoms with Gasteiger partial charge >= 0.3 is 0 Å². The van der Waals surface area contributed by atoms with Crippen LogP contribution in [0.25, 0.3) is 0 Å². The molecule has 1 fully saturated rings. The molecule has 5 nitrogen and oxygen atoms in total. The van der Waals surface area contributed by atoms with Crippen molar-refractivity contribution >= 4 is 11.7 Å². The summed E-state index contributed by atoms with van der Waals surface area (Å²) in [5.41, 5.74) is 1.97. The number of hydrogen-bond donors (Lipinski definition) is 1. The van der Waals surface area contributed by atoms with Gasteiger partial charge in [-0.15, -0.1) is 0 Å². The minimum Gasteiger partial charge on any atom is -0.493 e. The highest BCUT2D eigenvalue weighted by Gasteiger charge is 2.34. The summed E-state index contributed by atoms with van der Waals surface area (Å²) in [6, 6.07) is 12.0. The van der Waals surface area contributed by atoms with Gasteiger partial charge in [0.15, 0.2) is 11.6 Å². The van der Waals surface area contributed by atoms with Gasteiger partial charge in [0.05, 0.1) is 7.11 Å². The second kappa shape index (κ2) is 8.21. The maximum Gasteiger partial charge on any atom is 0.254 e. The van der Waals surface area contributed by atoms with Crippen molar-refractivity contribution in [2.45, 2.75) is 45.2 Å². The van der Waals surface area contributed by atoms with Gasteiger partial charge in [-0.25, -0.2) is 4.98 Å². The fourth-order valence-corrected chi connectivity index (χ4v) is 3.65. The van der Waals surface area contributed by atoms with Crippen LogP contribution in [0.1, 0.15) is 42.6 Å². The van der Waals surface area contributed by atoms with Crippen LogP contribution in [0.15, 0.2) is 42.6 Å². The molecule has 5 heteroatoms. The molecule has 1 aliphatic heterocycles. The number of benzene rings is 1. The number of methoxy groups -OCH3 is 1. The third-order valence-electron chi connectivity index (χ3n) is 4.93. The molecule has 1 N–H and O–H groups in total. The van der Waals surface area contributed by atoms with Crippen LogP contribution >= 0.6 is 0 Å². The molecule has 0 saturated carbocycles. The van der Waals surface area contributed by atoms with Crippen molar-refractivity contribution in [3.8, 4) is 5.75 Å². The predicted octanol–water partition coefficient (Wildman–Crippen LogP) is 3.76. The average molecular weight is 353 g/mol. The first-order valence-electron chi connectivity index (χ1n) is 9.28. The smallest absolute Gasteiger partial charge is 0.254 e. The topological polar surface area (TPSA) is 54.5 Å². The molecule has 1 aliphatic rings. The lowest BCUT2D eigenvalue weighted by atomic mass is 10.0. The molecule has 1 saturated heterocycles. The molecule has 2 heterocycles. The normalized spacial score (nSPS) is 19.4. The molecule has 0 spiro atoms. The van der Waals surface area contributed by atoms with Gasteiger partial charge in [-0.3, -0.25) is 4.79 Å². The van der Waals surface area contributed by atoms with Crippen LogP contribution in [0.5, 0.6) is 5.75 Å². The molecule has 0 bridgehead atoms. The number of carbonyl (C=O) groups excluding carboxylic acids is 1. The van der Waals surface area contributed by atoms with Gasteiger partial charge in [-0.1, -0.05) is 31.5 Å². The van der Waals surface area contributed by atoms with Crippen molar-refractivity contribution in [1.29, 1.82) is 0 Å². The number of amides is 1. The van der Waals surface area contributed by atoms with Crippen LogP contribution < -0.4 is 10.1 Å². The first-order valence-corrected chi connectivity index (χ1v) is 9.28. The number of carbonyl (C=O) groups is 1. The van der Waals surface area contributed by atoms with Gasteiger partial charge in [0.2, 0.25) is 0 Å². The van der Waals surface area contributed by atoms with Crippen molar-refractivity contribution in [2.24, 2.45) is 0 Å². The van der Waals surface area contributed by atoms with Crippen LogP contribution in [0.4, 0.5) is 5.82 Å². The molecule has 2 aromatic rings. The second-order valence-electron chi connectivity index (χ2n) is 6.84. The van der Waals surface area contributed by atoms with E-state index >= 15 is 0 Å². The first-order chi connectivity index (χ1) is 12.6. The number of nitrogens with one attached hydrogen (secondary N) is 1. The molecule has 0 aliphatic carbocycles. The Hall–Kier alpha value is -2.56. The number of anilines is 1. The Morgan fingerprint density at radius 1 is 1.31 bits per heavy atom. The lowest BCUT2D eigenvalue weighted by molar-refractivity contribution is 0.0745. The third-order valence-corrected chi connectivity index (χ3v) is 4.93. The SMILES string of the molecule is CCCc1ccccc1C(=O)N1C[C@H](Nc2ncccc2OC)C[C@H]1C. The van der Waals surface area contributed by atoms with E-state index in [-0.39, 0.29) is 18.0 Å². The summed E-state index contributed by atoms with van der Waals surface area (Å²) >= 11 is 0. The molecule has 0 radical (unpaired) electrons. The van der Waals surface area contributed by atoms with Crippen LogP contribution in [-0.4, -0.2) is 41.5 Å². The van der Waals surface area contributed by atoms with Crippen molar-refractivity contribution in [2.75, 3.05) is 19.0 Å². The Morgan fingerprint density at radius 2 is 2.12 bits per heavy atom. The second-order valence-corrected chi connectivity index (χ2v) is 6.84. The van der Waals surface area contributed by atoms with Crippen LogP contribution in [0, 0.1) is 0 Å². The maximum absolute atomic E-state index is 13.1. The minimum atomic E-state index is 0.124. The van der Waals surface area contributed by atoms with Gasteiger partial charge in [-0.05, 0) is 43.5 Å². The zero-order valence-electron chi connectivity index (χ0n) is 15.7. The number of hydrogen-bond acceptors (Lipinski definition) is 4. The number of aromatic nitrogens is 1. The summed E-state index contributed by atoms with van der Waals surface area (Å²) < 4.78 is 5.36. The largest absolute Gasteiger partial charge is 0.493 e. The van der Waals surface area contributed by atoms with E-state index < -0.39 is 0 Å². The minimum absolute atomic E-state index is 0.124. The Balaban J connectivity index is 1.74. The highest BCUT2D eigenvalue weighted by atomic mass is 16.5. The van der Waals surface area contributed by atoms with E-state index in [4.69, 9.17) is 4.74 Å². The molecule has 3 rings (SSSR count). The summed E-state index contributed by atoms with van der Waals surface area (Å²) in [4.78, 5) is 19.5. The predicted molar refractivity (Wildman–Crippen MR) is 104 cm³/mol. The molecular formula is C21H27N3O2. The van der Waals surface area contributed by atoms with Crippen molar-refractivity contribution in [1.82, 2.24) is 9.88 Å². The fourth-order valence-electron chi connectivity index (χ4n) is 3.65. The fraction of sp³-hybridized carbons (Fsp3) is 0.429. The molecule has 1 aromatic carbocycles. The van der Waals surface area contributed by atoms with Crippen LogP contribution in [0.2, 0.25) is 0 Å². The highest BCUT2D eigenvalue weighted by molar-refractivity contribution is 5.96. The van der Waals surface area contributed by atoms with Crippen molar-refractivity contribution < 1.29 is 9.53 Å². The summed E-state index contributed by atoms with van der Waals surface area (Å²) in [6.07, 6.45) is 4.59. The van der Waals surface area contributed by atoms with Crippen LogP contribution in [0.3, 0.4) is 0 Å². The number of nitrogens with zero attached hydrogens (tertiary/aromatic N) is 2. The number of pyridine rings is 1. The van der Waals surface area contributed by atoms with Crippen molar-refractivity contribution in [3.63, 3.8) is 0 Å². The molecule has 1 aromatic heterocycles. The van der Waals surface area contributed by atoms with Gasteiger partial charge in [0.25, 0.3) is 5.91 Å². The number of aryl methyl sites for hydroxylation is 1. The molecular weight excluding hydrogens is 326 g/mol. The number of rotatable bonds is 6. The highest BCUT2D eigenvalue weighted by Crippen LogP contribution is 2.27. The first kappa shape index (κ1) is 18.2. The summed E-state index contributed by atoms with van der Waals surface area (Å²) in [6.45, 7) is 4.91. The Morgan fingerprint density at radius 3 is 2.88 bits per heavy atom. The summed E-state index contributed by atoms with van der Waals surface area (Å²) in [5.74, 6) is 1.57. The van der Waals surface area contributed by atoms with Gasteiger partial charge in [0.1, 0.15) is 0 Å². The average Bonchev–Trinajstić information content (AvgIpc) is 3.02. The number of ether oxygens (including phenoxy) is 1. The standard InChI is InChI=1S/C21H27N3O2/c1-4-8-16-9-5-6-10-18(16)21(25)24-14-17(13-15(24)2)23-20-19(26-3)11-7-12-22-20/h5-7,9-12,15,17H,4,8,13-14H2,1-3H3,(H,22,23)/t15-,17-/m1/s1. The quantitative estimate of drug-likeness (QED) is 0.859.